The van der Waals surface area contributed by atoms with E-state index in [1.165, 1.54) is 0 Å². The van der Waals surface area contributed by atoms with Gasteiger partial charge in [-0.3, -0.25) is 14.4 Å². The van der Waals surface area contributed by atoms with Crippen molar-refractivity contribution in [2.45, 2.75) is 63.6 Å². The molecule has 0 unspecified atom stereocenters. The molecule has 2 aromatic carbocycles. The molecule has 41 heavy (non-hydrogen) atoms. The minimum Gasteiger partial charge on any atom is -0.489 e. The van der Waals surface area contributed by atoms with Crippen molar-refractivity contribution in [2.75, 3.05) is 19.8 Å². The Kier molecular flexibility index (Phi) is 13.1. The van der Waals surface area contributed by atoms with Crippen molar-refractivity contribution in [3.8, 4) is 5.75 Å². The Hall–Kier alpha value is -3.91. The van der Waals surface area contributed by atoms with Crippen molar-refractivity contribution in [3.63, 3.8) is 0 Å². The third-order valence-corrected chi connectivity index (χ3v) is 7.12. The highest BCUT2D eigenvalue weighted by Crippen LogP contribution is 2.24. The van der Waals surface area contributed by atoms with Gasteiger partial charge in [-0.05, 0) is 55.4 Å². The summed E-state index contributed by atoms with van der Waals surface area (Å²) in [5.41, 5.74) is 2.02. The van der Waals surface area contributed by atoms with E-state index in [-0.39, 0.29) is 49.9 Å². The number of ether oxygens (including phenoxy) is 2. The number of benzene rings is 2. The van der Waals surface area contributed by atoms with E-state index in [2.05, 4.69) is 18.5 Å². The van der Waals surface area contributed by atoms with Gasteiger partial charge in [0.2, 0.25) is 11.8 Å². The first kappa shape index (κ1) is 31.6. The fourth-order valence-corrected chi connectivity index (χ4v) is 4.91. The van der Waals surface area contributed by atoms with Crippen LogP contribution in [0.5, 0.6) is 5.75 Å². The van der Waals surface area contributed by atoms with Crippen molar-refractivity contribution < 1.29 is 29.0 Å². The Morgan fingerprint density at radius 1 is 1.05 bits per heavy atom. The number of aliphatic hydroxyl groups excluding tert-OH is 1. The Balaban J connectivity index is 1.50. The number of hydrogen-bond donors (Lipinski definition) is 2. The number of likely N-dealkylation sites (tertiary alicyclic amines) is 1. The fourth-order valence-electron chi connectivity index (χ4n) is 4.91. The molecule has 0 spiro atoms. The lowest BCUT2D eigenvalue weighted by molar-refractivity contribution is -0.148. The van der Waals surface area contributed by atoms with Gasteiger partial charge in [0.05, 0.1) is 24.6 Å². The molecule has 2 aromatic rings. The number of hydrogen-bond acceptors (Lipinski definition) is 6. The Morgan fingerprint density at radius 2 is 1.80 bits per heavy atom. The molecular formula is C33H42N2O6. The van der Waals surface area contributed by atoms with Crippen LogP contribution in [0.15, 0.2) is 79.9 Å². The van der Waals surface area contributed by atoms with Gasteiger partial charge in [-0.15, -0.1) is 13.2 Å². The summed E-state index contributed by atoms with van der Waals surface area (Å²) in [5.74, 6) is -0.602. The number of esters is 1. The second-order valence-corrected chi connectivity index (χ2v) is 10.3. The lowest BCUT2D eigenvalue weighted by Gasteiger charge is -2.28. The zero-order valence-electron chi connectivity index (χ0n) is 23.7. The molecule has 8 nitrogen and oxygen atoms in total. The first-order chi connectivity index (χ1) is 19.9. The van der Waals surface area contributed by atoms with Crippen LogP contribution >= 0.6 is 0 Å². The van der Waals surface area contributed by atoms with Gasteiger partial charge < -0.3 is 24.8 Å². The standard InChI is InChI=1S/C33H42N2O6/c1-3-5-14-32(38)41-24-29-13-9-19-35(29)33(39)27(10-4-2)21-31(37)34-28(22-36)20-25-15-17-30(18-16-25)40-23-26-11-7-6-8-12-26/h3-4,6-8,11-12,15-18,27-29,36H,1-2,5,9-10,13-14,19-24H2,(H,34,37)/t27-,28+,29+/m1/s1. The average molecular weight is 563 g/mol. The van der Waals surface area contributed by atoms with Gasteiger partial charge >= 0.3 is 5.97 Å². The van der Waals surface area contributed by atoms with Crippen LogP contribution in [-0.2, 0) is 32.1 Å². The molecule has 1 saturated heterocycles. The number of aliphatic hydroxyl groups is 1. The number of nitrogens with zero attached hydrogens (tertiary/aromatic N) is 1. The molecular weight excluding hydrogens is 520 g/mol. The van der Waals surface area contributed by atoms with Gasteiger partial charge in [-0.25, -0.2) is 0 Å². The topological polar surface area (TPSA) is 105 Å². The van der Waals surface area contributed by atoms with E-state index in [1.54, 1.807) is 17.1 Å². The molecule has 0 aliphatic carbocycles. The van der Waals surface area contributed by atoms with Gasteiger partial charge in [-0.1, -0.05) is 54.6 Å². The molecule has 1 aliphatic heterocycles. The number of nitrogens with one attached hydrogen (secondary N) is 1. The van der Waals surface area contributed by atoms with Crippen LogP contribution in [0.2, 0.25) is 0 Å². The maximum absolute atomic E-state index is 13.4. The lowest BCUT2D eigenvalue weighted by Crippen LogP contribution is -2.45. The lowest BCUT2D eigenvalue weighted by atomic mass is 9.98. The molecule has 1 aliphatic rings. The van der Waals surface area contributed by atoms with Crippen molar-refractivity contribution in [2.24, 2.45) is 5.92 Å². The molecule has 8 heteroatoms. The molecule has 0 radical (unpaired) electrons. The molecule has 0 saturated carbocycles. The maximum Gasteiger partial charge on any atom is 0.306 e. The summed E-state index contributed by atoms with van der Waals surface area (Å²) in [6.07, 6.45) is 6.45. The van der Waals surface area contributed by atoms with Crippen molar-refractivity contribution >= 4 is 17.8 Å². The minimum absolute atomic E-state index is 0.0179. The van der Waals surface area contributed by atoms with E-state index in [9.17, 15) is 19.5 Å². The van der Waals surface area contributed by atoms with Crippen LogP contribution in [0.25, 0.3) is 0 Å². The van der Waals surface area contributed by atoms with E-state index in [0.29, 0.717) is 32.4 Å². The third-order valence-electron chi connectivity index (χ3n) is 7.12. The first-order valence-electron chi connectivity index (χ1n) is 14.3. The predicted octanol–water partition coefficient (Wildman–Crippen LogP) is 4.37. The largest absolute Gasteiger partial charge is 0.489 e. The Morgan fingerprint density at radius 3 is 2.49 bits per heavy atom. The molecule has 0 aromatic heterocycles. The number of carbonyl (C=O) groups excluding carboxylic acids is 3. The van der Waals surface area contributed by atoms with Gasteiger partial charge in [0.1, 0.15) is 19.0 Å². The van der Waals surface area contributed by atoms with Crippen LogP contribution in [-0.4, -0.2) is 59.6 Å². The normalized spacial score (nSPS) is 15.9. The smallest absolute Gasteiger partial charge is 0.306 e. The summed E-state index contributed by atoms with van der Waals surface area (Å²) < 4.78 is 11.2. The first-order valence-corrected chi connectivity index (χ1v) is 14.3. The van der Waals surface area contributed by atoms with E-state index >= 15 is 0 Å². The molecule has 0 bridgehead atoms. The summed E-state index contributed by atoms with van der Waals surface area (Å²) in [7, 11) is 0. The van der Waals surface area contributed by atoms with Crippen LogP contribution in [0.4, 0.5) is 0 Å². The minimum atomic E-state index is -0.579. The monoisotopic (exact) mass is 562 g/mol. The zero-order chi connectivity index (χ0) is 29.5. The highest BCUT2D eigenvalue weighted by Gasteiger charge is 2.34. The molecule has 220 valence electrons. The molecule has 2 amide bonds. The second kappa shape index (κ2) is 17.0. The van der Waals surface area contributed by atoms with Crippen molar-refractivity contribution in [3.05, 3.63) is 91.0 Å². The van der Waals surface area contributed by atoms with Gasteiger partial charge in [0.25, 0.3) is 0 Å². The number of allylic oxidation sites excluding steroid dienone is 2. The molecule has 3 atom stereocenters. The zero-order valence-corrected chi connectivity index (χ0v) is 23.7. The predicted molar refractivity (Wildman–Crippen MR) is 158 cm³/mol. The Bertz CT molecular complexity index is 1130. The summed E-state index contributed by atoms with van der Waals surface area (Å²) in [6.45, 7) is 8.32. The summed E-state index contributed by atoms with van der Waals surface area (Å²) in [4.78, 5) is 40.0. The van der Waals surface area contributed by atoms with Gasteiger partial charge in [0, 0.05) is 19.4 Å². The maximum atomic E-state index is 13.4. The number of amides is 2. The molecule has 1 fully saturated rings. The van der Waals surface area contributed by atoms with E-state index in [4.69, 9.17) is 9.47 Å². The van der Waals surface area contributed by atoms with Crippen molar-refractivity contribution in [1.29, 1.82) is 0 Å². The highest BCUT2D eigenvalue weighted by molar-refractivity contribution is 5.86. The van der Waals surface area contributed by atoms with Gasteiger partial charge in [-0.2, -0.15) is 0 Å². The van der Waals surface area contributed by atoms with Gasteiger partial charge in [0.15, 0.2) is 0 Å². The van der Waals surface area contributed by atoms with Crippen LogP contribution in [0.3, 0.4) is 0 Å². The molecule has 3 rings (SSSR count). The SMILES string of the molecule is C=CCCC(=O)OC[C@@H]1CCCN1C(=O)[C@H](CC=C)CC(=O)N[C@H](CO)Cc1ccc(OCc2ccccc2)cc1. The quantitative estimate of drug-likeness (QED) is 0.219. The summed E-state index contributed by atoms with van der Waals surface area (Å²) in [5, 5.41) is 12.8. The van der Waals surface area contributed by atoms with Crippen LogP contribution in [0, 0.1) is 5.92 Å². The van der Waals surface area contributed by atoms with E-state index in [0.717, 1.165) is 29.7 Å². The number of rotatable bonds is 17. The fraction of sp³-hybridized carbons (Fsp3) is 0.424. The highest BCUT2D eigenvalue weighted by atomic mass is 16.5. The number of carbonyl (C=O) groups is 3. The van der Waals surface area contributed by atoms with Crippen LogP contribution in [0.1, 0.15) is 49.7 Å². The summed E-state index contributed by atoms with van der Waals surface area (Å²) in [6, 6.07) is 16.8. The second-order valence-electron chi connectivity index (χ2n) is 10.3. The van der Waals surface area contributed by atoms with E-state index < -0.39 is 12.0 Å². The average Bonchev–Trinajstić information content (AvgIpc) is 3.47. The summed E-state index contributed by atoms with van der Waals surface area (Å²) >= 11 is 0. The third kappa shape index (κ3) is 10.5. The van der Waals surface area contributed by atoms with E-state index in [1.807, 2.05) is 54.6 Å². The molecule has 2 N–H and O–H groups in total. The van der Waals surface area contributed by atoms with Crippen molar-refractivity contribution in [1.82, 2.24) is 10.2 Å². The molecule has 1 heterocycles. The van der Waals surface area contributed by atoms with Crippen LogP contribution < -0.4 is 10.1 Å². The Labute approximate surface area is 243 Å².